The monoisotopic (exact) mass is 242 g/mol. The van der Waals surface area contributed by atoms with E-state index in [4.69, 9.17) is 25.0 Å². The summed E-state index contributed by atoms with van der Waals surface area (Å²) < 4.78 is 34.8. The third-order valence-electron chi connectivity index (χ3n) is 3.06. The number of aromatic nitrogens is 1. The van der Waals surface area contributed by atoms with Crippen LogP contribution in [-0.2, 0) is 9.31 Å². The van der Waals surface area contributed by atoms with Gasteiger partial charge in [-0.3, -0.25) is 4.98 Å². The second kappa shape index (κ2) is 3.72. The summed E-state index contributed by atoms with van der Waals surface area (Å²) in [6.45, 7) is 7.53. The Morgan fingerprint density at radius 2 is 1.81 bits per heavy atom. The maximum atomic E-state index is 7.93. The number of pyridine rings is 1. The standard InChI is InChI=1S/C11H15BClNO2/c1-10(2)11(3,4)16-12(15-10)8-5-9(13)7-14-6-8/h5-7H,1-4H3/i5D,6D,7D. The molecule has 0 N–H and O–H groups in total. The average Bonchev–Trinajstić information content (AvgIpc) is 2.44. The summed E-state index contributed by atoms with van der Waals surface area (Å²) in [5, 5.41) is -0.0966. The zero-order chi connectivity index (χ0) is 14.6. The molecule has 0 bridgehead atoms. The maximum absolute atomic E-state index is 7.93. The van der Waals surface area contributed by atoms with Gasteiger partial charge in [-0.05, 0) is 33.7 Å². The van der Waals surface area contributed by atoms with Crippen LogP contribution in [0.25, 0.3) is 0 Å². The first-order valence-electron chi connectivity index (χ1n) is 6.55. The highest BCUT2D eigenvalue weighted by Gasteiger charge is 2.51. The normalized spacial score (nSPS) is 25.1. The molecule has 0 aromatic carbocycles. The lowest BCUT2D eigenvalue weighted by molar-refractivity contribution is 0.00578. The second-order valence-electron chi connectivity index (χ2n) is 4.78. The zero-order valence-electron chi connectivity index (χ0n) is 12.7. The van der Waals surface area contributed by atoms with Crippen molar-refractivity contribution in [2.45, 2.75) is 38.9 Å². The molecule has 1 saturated heterocycles. The van der Waals surface area contributed by atoms with E-state index in [1.165, 1.54) is 0 Å². The van der Waals surface area contributed by atoms with Crippen LogP contribution in [0.15, 0.2) is 18.4 Å². The molecule has 0 spiro atoms. The van der Waals surface area contributed by atoms with E-state index < -0.39 is 18.3 Å². The van der Waals surface area contributed by atoms with E-state index in [-0.39, 0.29) is 28.9 Å². The number of hydrogen-bond donors (Lipinski definition) is 0. The fourth-order valence-corrected chi connectivity index (χ4v) is 1.53. The molecule has 0 amide bonds. The lowest BCUT2D eigenvalue weighted by atomic mass is 9.80. The van der Waals surface area contributed by atoms with Gasteiger partial charge in [0.25, 0.3) is 0 Å². The summed E-state index contributed by atoms with van der Waals surface area (Å²) in [7, 11) is -0.865. The largest absolute Gasteiger partial charge is 0.496 e. The summed E-state index contributed by atoms with van der Waals surface area (Å²) in [5.41, 5.74) is -0.967. The van der Waals surface area contributed by atoms with Crippen LogP contribution in [0.4, 0.5) is 0 Å². The van der Waals surface area contributed by atoms with Crippen LogP contribution in [0.1, 0.15) is 31.8 Å². The molecule has 1 aliphatic rings. The molecule has 0 aliphatic carbocycles. The van der Waals surface area contributed by atoms with E-state index in [1.54, 1.807) is 0 Å². The quantitative estimate of drug-likeness (QED) is 0.706. The van der Waals surface area contributed by atoms with Crippen molar-refractivity contribution in [1.82, 2.24) is 4.98 Å². The van der Waals surface area contributed by atoms with Gasteiger partial charge in [0.1, 0.15) is 0 Å². The molecule has 0 radical (unpaired) electrons. The van der Waals surface area contributed by atoms with Crippen molar-refractivity contribution in [2.75, 3.05) is 0 Å². The molecule has 1 aromatic heterocycles. The summed E-state index contributed by atoms with van der Waals surface area (Å²) >= 11 is 5.84. The Labute approximate surface area is 105 Å². The molecular formula is C11H15BClNO2. The van der Waals surface area contributed by atoms with Crippen molar-refractivity contribution >= 4 is 24.2 Å². The Morgan fingerprint density at radius 1 is 1.25 bits per heavy atom. The Kier molecular flexibility index (Phi) is 1.98. The molecule has 1 aliphatic heterocycles. The summed E-state index contributed by atoms with van der Waals surface area (Å²) in [6, 6.07) is -0.134. The van der Waals surface area contributed by atoms with Gasteiger partial charge in [-0.15, -0.1) is 0 Å². The smallest absolute Gasteiger partial charge is 0.399 e. The minimum Gasteiger partial charge on any atom is -0.399 e. The number of rotatable bonds is 1. The first-order valence-corrected chi connectivity index (χ1v) is 5.43. The van der Waals surface area contributed by atoms with Crippen molar-refractivity contribution in [3.63, 3.8) is 0 Å². The molecule has 2 rings (SSSR count). The topological polar surface area (TPSA) is 31.4 Å². The minimum atomic E-state index is -0.865. The van der Waals surface area contributed by atoms with Crippen molar-refractivity contribution in [1.29, 1.82) is 0 Å². The molecule has 0 saturated carbocycles. The van der Waals surface area contributed by atoms with Crippen LogP contribution in [-0.4, -0.2) is 23.3 Å². The van der Waals surface area contributed by atoms with Gasteiger partial charge >= 0.3 is 7.12 Å². The van der Waals surface area contributed by atoms with Gasteiger partial charge in [0.2, 0.25) is 0 Å². The predicted molar refractivity (Wildman–Crippen MR) is 65.0 cm³/mol. The van der Waals surface area contributed by atoms with E-state index in [0.717, 1.165) is 0 Å². The number of halogens is 1. The molecule has 1 fully saturated rings. The van der Waals surface area contributed by atoms with Gasteiger partial charge < -0.3 is 9.31 Å². The minimum absolute atomic E-state index is 0.0966. The second-order valence-corrected chi connectivity index (χ2v) is 5.15. The average molecular weight is 243 g/mol. The number of hydrogen-bond acceptors (Lipinski definition) is 3. The predicted octanol–water partition coefficient (Wildman–Crippen LogP) is 2.03. The summed E-state index contributed by atoms with van der Waals surface area (Å²) in [5.74, 6) is 0. The van der Waals surface area contributed by atoms with E-state index in [2.05, 4.69) is 4.98 Å². The van der Waals surface area contributed by atoms with E-state index in [9.17, 15) is 0 Å². The highest BCUT2D eigenvalue weighted by Crippen LogP contribution is 2.36. The third kappa shape index (κ3) is 1.97. The SMILES string of the molecule is [2H]c1nc([2H])c(B2OC(C)(C)C(C)(C)O2)c([2H])c1Cl. The first kappa shape index (κ1) is 8.51. The molecule has 16 heavy (non-hydrogen) atoms. The van der Waals surface area contributed by atoms with Crippen molar-refractivity contribution in [2.24, 2.45) is 0 Å². The van der Waals surface area contributed by atoms with Crippen LogP contribution < -0.4 is 5.46 Å². The fraction of sp³-hybridized carbons (Fsp3) is 0.545. The van der Waals surface area contributed by atoms with Crippen LogP contribution in [0.2, 0.25) is 5.02 Å². The maximum Gasteiger partial charge on any atom is 0.496 e. The number of nitrogens with zero attached hydrogens (tertiary/aromatic N) is 1. The Balaban J connectivity index is 2.49. The molecule has 5 heteroatoms. The lowest BCUT2D eigenvalue weighted by Gasteiger charge is -2.32. The highest BCUT2D eigenvalue weighted by atomic mass is 35.5. The van der Waals surface area contributed by atoms with Gasteiger partial charge in [-0.1, -0.05) is 11.6 Å². The molecule has 0 unspecified atom stereocenters. The van der Waals surface area contributed by atoms with Crippen molar-refractivity contribution in [3.8, 4) is 0 Å². The summed E-state index contributed by atoms with van der Waals surface area (Å²) in [6.07, 6.45) is -0.491. The van der Waals surface area contributed by atoms with Gasteiger partial charge in [-0.25, -0.2) is 0 Å². The third-order valence-corrected chi connectivity index (χ3v) is 3.24. The molecular weight excluding hydrogens is 224 g/mol. The van der Waals surface area contributed by atoms with Gasteiger partial charge in [0, 0.05) is 17.8 Å². The van der Waals surface area contributed by atoms with E-state index in [1.807, 2.05) is 27.7 Å². The highest BCUT2D eigenvalue weighted by molar-refractivity contribution is 6.62. The summed E-state index contributed by atoms with van der Waals surface area (Å²) in [4.78, 5) is 3.70. The lowest BCUT2D eigenvalue weighted by Crippen LogP contribution is -2.41. The Hall–Kier alpha value is -0.575. The van der Waals surface area contributed by atoms with Crippen molar-refractivity contribution in [3.05, 3.63) is 23.4 Å². The molecule has 86 valence electrons. The van der Waals surface area contributed by atoms with E-state index in [0.29, 0.717) is 0 Å². The Bertz CT molecular complexity index is 523. The van der Waals surface area contributed by atoms with Crippen LogP contribution in [0.5, 0.6) is 0 Å². The van der Waals surface area contributed by atoms with Crippen molar-refractivity contribution < 1.29 is 13.4 Å². The van der Waals surface area contributed by atoms with Crippen LogP contribution >= 0.6 is 11.6 Å². The van der Waals surface area contributed by atoms with Crippen LogP contribution in [0.3, 0.4) is 0 Å². The molecule has 2 heterocycles. The Morgan fingerprint density at radius 3 is 2.38 bits per heavy atom. The molecule has 0 atom stereocenters. The van der Waals surface area contributed by atoms with E-state index >= 15 is 0 Å². The molecule has 3 nitrogen and oxygen atoms in total. The van der Waals surface area contributed by atoms with Gasteiger partial charge in [0.15, 0.2) is 0 Å². The van der Waals surface area contributed by atoms with Crippen LogP contribution in [0, 0.1) is 0 Å². The van der Waals surface area contributed by atoms with Gasteiger partial charge in [0.05, 0.1) is 20.3 Å². The first-order chi connectivity index (χ1) is 8.57. The fourth-order valence-electron chi connectivity index (χ4n) is 1.38. The van der Waals surface area contributed by atoms with Gasteiger partial charge in [-0.2, -0.15) is 0 Å². The zero-order valence-corrected chi connectivity index (χ0v) is 10.5. The molecule has 1 aromatic rings.